The van der Waals surface area contributed by atoms with Gasteiger partial charge in [-0.25, -0.2) is 13.1 Å². The van der Waals surface area contributed by atoms with Gasteiger partial charge in [-0.15, -0.1) is 11.3 Å². The smallest absolute Gasteiger partial charge is 0.207 e. The van der Waals surface area contributed by atoms with Gasteiger partial charge in [0.1, 0.15) is 4.21 Å². The van der Waals surface area contributed by atoms with Gasteiger partial charge in [0.2, 0.25) is 10.0 Å². The zero-order chi connectivity index (χ0) is 11.3. The van der Waals surface area contributed by atoms with Crippen LogP contribution in [0, 0.1) is 0 Å². The molecule has 0 radical (unpaired) electrons. The summed E-state index contributed by atoms with van der Waals surface area (Å²) in [6.07, 6.45) is 1.61. The first-order valence-electron chi connectivity index (χ1n) is 4.72. The highest BCUT2D eigenvalue weighted by Crippen LogP contribution is 2.16. The van der Waals surface area contributed by atoms with Gasteiger partial charge in [-0.2, -0.15) is 0 Å². The average molecular weight is 312 g/mol. The van der Waals surface area contributed by atoms with Crippen LogP contribution in [0.3, 0.4) is 0 Å². The van der Waals surface area contributed by atoms with Gasteiger partial charge in [-0.1, -0.05) is 28.9 Å². The Kier molecular flexibility index (Phi) is 5.25. The molecule has 6 heteroatoms. The van der Waals surface area contributed by atoms with E-state index in [9.17, 15) is 8.42 Å². The lowest BCUT2D eigenvalue weighted by atomic mass is 10.2. The molecule has 1 heterocycles. The molecule has 3 nitrogen and oxygen atoms in total. The third-order valence-electron chi connectivity index (χ3n) is 2.03. The first kappa shape index (κ1) is 13.2. The summed E-state index contributed by atoms with van der Waals surface area (Å²) < 4.78 is 26.7. The molecule has 0 aliphatic rings. The van der Waals surface area contributed by atoms with Gasteiger partial charge in [0, 0.05) is 11.4 Å². The van der Waals surface area contributed by atoms with E-state index in [4.69, 9.17) is 0 Å². The second-order valence-electron chi connectivity index (χ2n) is 3.14. The summed E-state index contributed by atoms with van der Waals surface area (Å²) in [6, 6.07) is 3.37. The molecule has 1 aromatic rings. The van der Waals surface area contributed by atoms with Crippen molar-refractivity contribution in [2.24, 2.45) is 0 Å². The van der Waals surface area contributed by atoms with Crippen LogP contribution in [0.5, 0.6) is 0 Å². The van der Waals surface area contributed by atoms with Crippen LogP contribution in [-0.4, -0.2) is 19.8 Å². The number of rotatable bonds is 6. The fourth-order valence-corrected chi connectivity index (χ4v) is 4.09. The lowest BCUT2D eigenvalue weighted by molar-refractivity contribution is 0.534. The maximum atomic E-state index is 11.8. The van der Waals surface area contributed by atoms with Crippen LogP contribution >= 0.6 is 27.3 Å². The monoisotopic (exact) mass is 311 g/mol. The first-order chi connectivity index (χ1) is 7.10. The normalized spacial score (nSPS) is 14.0. The quantitative estimate of drug-likeness (QED) is 0.821. The molecule has 0 fully saturated rings. The summed E-state index contributed by atoms with van der Waals surface area (Å²) in [5.74, 6) is 0. The first-order valence-corrected chi connectivity index (χ1v) is 8.20. The lowest BCUT2D eigenvalue weighted by Crippen LogP contribution is -2.34. The second kappa shape index (κ2) is 5.98. The number of nitrogens with one attached hydrogen (secondary N) is 1. The molecule has 0 spiro atoms. The molecule has 1 unspecified atom stereocenters. The average Bonchev–Trinajstić information content (AvgIpc) is 2.70. The molecule has 15 heavy (non-hydrogen) atoms. The molecule has 1 aromatic heterocycles. The Morgan fingerprint density at radius 3 is 2.80 bits per heavy atom. The number of hydrogen-bond acceptors (Lipinski definition) is 3. The van der Waals surface area contributed by atoms with Crippen molar-refractivity contribution in [1.82, 2.24) is 4.72 Å². The molecule has 0 aliphatic heterocycles. The Morgan fingerprint density at radius 1 is 1.60 bits per heavy atom. The van der Waals surface area contributed by atoms with Crippen molar-refractivity contribution in [3.05, 3.63) is 17.5 Å². The third-order valence-corrected chi connectivity index (χ3v) is 5.41. The largest absolute Gasteiger partial charge is 0.250 e. The van der Waals surface area contributed by atoms with Crippen LogP contribution in [-0.2, 0) is 10.0 Å². The van der Waals surface area contributed by atoms with E-state index in [-0.39, 0.29) is 6.04 Å². The second-order valence-corrected chi connectivity index (χ2v) is 6.82. The Morgan fingerprint density at radius 2 is 2.33 bits per heavy atom. The lowest BCUT2D eigenvalue weighted by Gasteiger charge is -2.14. The highest BCUT2D eigenvalue weighted by Gasteiger charge is 2.19. The van der Waals surface area contributed by atoms with Crippen molar-refractivity contribution >= 4 is 37.3 Å². The van der Waals surface area contributed by atoms with Gasteiger partial charge in [-0.05, 0) is 24.3 Å². The summed E-state index contributed by atoms with van der Waals surface area (Å²) in [6.45, 7) is 1.98. The predicted octanol–water partition coefficient (Wildman–Crippen LogP) is 2.59. The molecule has 0 aromatic carbocycles. The highest BCUT2D eigenvalue weighted by atomic mass is 79.9. The van der Waals surface area contributed by atoms with Gasteiger partial charge < -0.3 is 0 Å². The molecule has 0 aliphatic carbocycles. The van der Waals surface area contributed by atoms with E-state index in [0.717, 1.165) is 18.2 Å². The topological polar surface area (TPSA) is 46.2 Å². The van der Waals surface area contributed by atoms with E-state index in [1.54, 1.807) is 17.5 Å². The van der Waals surface area contributed by atoms with Gasteiger partial charge in [0.25, 0.3) is 0 Å². The van der Waals surface area contributed by atoms with E-state index in [0.29, 0.717) is 4.21 Å². The number of hydrogen-bond donors (Lipinski definition) is 1. The van der Waals surface area contributed by atoms with Gasteiger partial charge in [0.15, 0.2) is 0 Å². The van der Waals surface area contributed by atoms with E-state index < -0.39 is 10.0 Å². The third kappa shape index (κ3) is 3.86. The molecule has 1 N–H and O–H groups in total. The minimum Gasteiger partial charge on any atom is -0.207 e. The summed E-state index contributed by atoms with van der Waals surface area (Å²) in [5.41, 5.74) is 0. The van der Waals surface area contributed by atoms with Crippen molar-refractivity contribution in [3.8, 4) is 0 Å². The van der Waals surface area contributed by atoms with E-state index >= 15 is 0 Å². The summed E-state index contributed by atoms with van der Waals surface area (Å²) in [5, 5.41) is 2.57. The molecule has 0 bridgehead atoms. The van der Waals surface area contributed by atoms with Crippen molar-refractivity contribution in [2.75, 3.05) is 5.33 Å². The number of sulfonamides is 1. The van der Waals surface area contributed by atoms with Gasteiger partial charge >= 0.3 is 0 Å². The molecular formula is C9H14BrNO2S2. The van der Waals surface area contributed by atoms with Crippen LogP contribution in [0.15, 0.2) is 21.7 Å². The standard InChI is InChI=1S/C9H14BrNO2S2/c1-2-8(5-6-10)11-15(12,13)9-4-3-7-14-9/h3-4,7-8,11H,2,5-6H2,1H3. The fourth-order valence-electron chi connectivity index (χ4n) is 1.17. The molecule has 0 saturated heterocycles. The molecule has 1 atom stereocenters. The van der Waals surface area contributed by atoms with Crippen LogP contribution < -0.4 is 4.72 Å². The Hall–Kier alpha value is 0.0900. The Labute approximate surface area is 103 Å². The van der Waals surface area contributed by atoms with Crippen LogP contribution in [0.1, 0.15) is 19.8 Å². The molecule has 0 saturated carbocycles. The molecular weight excluding hydrogens is 298 g/mol. The number of alkyl halides is 1. The van der Waals surface area contributed by atoms with Crippen LogP contribution in [0.4, 0.5) is 0 Å². The maximum absolute atomic E-state index is 11.8. The fraction of sp³-hybridized carbons (Fsp3) is 0.556. The molecule has 86 valence electrons. The SMILES string of the molecule is CCC(CCBr)NS(=O)(=O)c1cccs1. The summed E-state index contributed by atoms with van der Waals surface area (Å²) in [7, 11) is -3.30. The Bertz CT molecular complexity index is 375. The number of halogens is 1. The van der Waals surface area contributed by atoms with Crippen molar-refractivity contribution in [1.29, 1.82) is 0 Å². The zero-order valence-corrected chi connectivity index (χ0v) is 11.7. The van der Waals surface area contributed by atoms with Crippen molar-refractivity contribution in [3.63, 3.8) is 0 Å². The van der Waals surface area contributed by atoms with E-state index in [2.05, 4.69) is 20.7 Å². The minimum atomic E-state index is -3.30. The Balaban J connectivity index is 2.72. The van der Waals surface area contributed by atoms with Crippen LogP contribution in [0.25, 0.3) is 0 Å². The van der Waals surface area contributed by atoms with Crippen LogP contribution in [0.2, 0.25) is 0 Å². The maximum Gasteiger partial charge on any atom is 0.250 e. The number of thiophene rings is 1. The predicted molar refractivity (Wildman–Crippen MR) is 67.1 cm³/mol. The van der Waals surface area contributed by atoms with Crippen molar-refractivity contribution < 1.29 is 8.42 Å². The van der Waals surface area contributed by atoms with Gasteiger partial charge in [0.05, 0.1) is 0 Å². The van der Waals surface area contributed by atoms with Crippen molar-refractivity contribution in [2.45, 2.75) is 30.0 Å². The molecule has 1 rings (SSSR count). The minimum absolute atomic E-state index is 0.0106. The highest BCUT2D eigenvalue weighted by molar-refractivity contribution is 9.09. The van der Waals surface area contributed by atoms with E-state index in [1.165, 1.54) is 11.3 Å². The summed E-state index contributed by atoms with van der Waals surface area (Å²) >= 11 is 4.55. The summed E-state index contributed by atoms with van der Waals surface area (Å²) in [4.78, 5) is 0. The van der Waals surface area contributed by atoms with E-state index in [1.807, 2.05) is 6.92 Å². The zero-order valence-electron chi connectivity index (χ0n) is 8.44. The van der Waals surface area contributed by atoms with Gasteiger partial charge in [-0.3, -0.25) is 0 Å². The molecule has 0 amide bonds.